The number of aromatic nitrogens is 1. The van der Waals surface area contributed by atoms with Gasteiger partial charge in [-0.05, 0) is 82.2 Å². The number of nitrogens with zero attached hydrogens (tertiary/aromatic N) is 3. The standard InChI is InChI=1S/C31H37N3O4/c1-21-17-27(36-6)25(24-11-14-34(28(21)24)29(35)38-30(2,3)4)19-33-15-12-31(13-16-37-20-31)18-26(33)22-7-9-23(32-5)10-8-22/h7-11,14,17,26H,12-13,15-16,18-20H2,1-4,6H3. The van der Waals surface area contributed by atoms with Gasteiger partial charge in [0.25, 0.3) is 0 Å². The Hall–Kier alpha value is -3.34. The molecule has 0 saturated carbocycles. The van der Waals surface area contributed by atoms with Crippen LogP contribution < -0.4 is 4.74 Å². The summed E-state index contributed by atoms with van der Waals surface area (Å²) in [6.45, 7) is 18.2. The molecule has 0 amide bonds. The number of methoxy groups -OCH3 is 1. The van der Waals surface area contributed by atoms with Crippen LogP contribution >= 0.6 is 0 Å². The molecule has 7 nitrogen and oxygen atoms in total. The molecule has 2 unspecified atom stereocenters. The zero-order chi connectivity index (χ0) is 27.1. The highest BCUT2D eigenvalue weighted by atomic mass is 16.6. The zero-order valence-electron chi connectivity index (χ0n) is 23.0. The molecule has 200 valence electrons. The lowest BCUT2D eigenvalue weighted by Crippen LogP contribution is -2.42. The Bertz CT molecular complexity index is 1370. The van der Waals surface area contributed by atoms with Gasteiger partial charge in [-0.2, -0.15) is 0 Å². The lowest BCUT2D eigenvalue weighted by Gasteiger charge is -2.45. The Kier molecular flexibility index (Phi) is 6.97. The van der Waals surface area contributed by atoms with E-state index in [-0.39, 0.29) is 17.6 Å². The molecule has 0 radical (unpaired) electrons. The molecule has 5 rings (SSSR count). The predicted molar refractivity (Wildman–Crippen MR) is 148 cm³/mol. The molecule has 2 fully saturated rings. The number of carbonyl (C=O) groups excluding carboxylic acids is 1. The molecule has 2 atom stereocenters. The summed E-state index contributed by atoms with van der Waals surface area (Å²) in [4.78, 5) is 19.1. The number of piperidine rings is 1. The van der Waals surface area contributed by atoms with Gasteiger partial charge in [0.2, 0.25) is 0 Å². The van der Waals surface area contributed by atoms with Gasteiger partial charge in [0.05, 0.1) is 25.8 Å². The first-order chi connectivity index (χ1) is 18.1. The highest BCUT2D eigenvalue weighted by Gasteiger charge is 2.43. The second-order valence-corrected chi connectivity index (χ2v) is 11.7. The van der Waals surface area contributed by atoms with E-state index in [2.05, 4.69) is 21.9 Å². The van der Waals surface area contributed by atoms with Crippen molar-refractivity contribution in [2.24, 2.45) is 5.41 Å². The normalized spacial score (nSPS) is 22.1. The highest BCUT2D eigenvalue weighted by Crippen LogP contribution is 2.48. The summed E-state index contributed by atoms with van der Waals surface area (Å²) in [6, 6.07) is 12.2. The van der Waals surface area contributed by atoms with E-state index < -0.39 is 5.60 Å². The van der Waals surface area contributed by atoms with E-state index >= 15 is 0 Å². The van der Waals surface area contributed by atoms with Gasteiger partial charge in [0, 0.05) is 36.3 Å². The predicted octanol–water partition coefficient (Wildman–Crippen LogP) is 7.04. The van der Waals surface area contributed by atoms with E-state index in [1.165, 1.54) is 5.56 Å². The van der Waals surface area contributed by atoms with Crippen LogP contribution in [0.2, 0.25) is 0 Å². The number of aryl methyl sites for hydroxylation is 1. The maximum absolute atomic E-state index is 13.0. The fourth-order valence-electron chi connectivity index (χ4n) is 6.05. The summed E-state index contributed by atoms with van der Waals surface area (Å²) >= 11 is 0. The number of carbonyl (C=O) groups is 1. The second-order valence-electron chi connectivity index (χ2n) is 11.7. The Morgan fingerprint density at radius 3 is 2.61 bits per heavy atom. The molecule has 3 heterocycles. The van der Waals surface area contributed by atoms with E-state index in [9.17, 15) is 4.79 Å². The van der Waals surface area contributed by atoms with Crippen molar-refractivity contribution in [1.29, 1.82) is 0 Å². The third kappa shape index (κ3) is 5.03. The molecule has 7 heteroatoms. The van der Waals surface area contributed by atoms with E-state index in [0.29, 0.717) is 12.2 Å². The minimum atomic E-state index is -0.583. The number of hydrogen-bond donors (Lipinski definition) is 0. The maximum Gasteiger partial charge on any atom is 0.419 e. The fourth-order valence-corrected chi connectivity index (χ4v) is 6.05. The summed E-state index contributed by atoms with van der Waals surface area (Å²) in [5.74, 6) is 0.823. The average Bonchev–Trinajstić information content (AvgIpc) is 3.54. The molecule has 0 bridgehead atoms. The second kappa shape index (κ2) is 10.1. The molecular weight excluding hydrogens is 478 g/mol. The molecular formula is C31H37N3O4. The first-order valence-corrected chi connectivity index (χ1v) is 13.3. The van der Waals surface area contributed by atoms with Crippen molar-refractivity contribution >= 4 is 22.7 Å². The van der Waals surface area contributed by atoms with Gasteiger partial charge in [-0.3, -0.25) is 9.47 Å². The van der Waals surface area contributed by atoms with Crippen LogP contribution in [0.3, 0.4) is 0 Å². The van der Waals surface area contributed by atoms with Gasteiger partial charge in [-0.1, -0.05) is 24.3 Å². The topological polar surface area (TPSA) is 57.3 Å². The Labute approximate surface area is 225 Å². The third-order valence-corrected chi connectivity index (χ3v) is 7.99. The van der Waals surface area contributed by atoms with Crippen LogP contribution in [-0.4, -0.2) is 48.0 Å². The molecule has 2 aliphatic heterocycles. The molecule has 1 aromatic heterocycles. The van der Waals surface area contributed by atoms with Gasteiger partial charge in [-0.25, -0.2) is 9.64 Å². The van der Waals surface area contributed by atoms with Crippen LogP contribution in [0.5, 0.6) is 5.75 Å². The average molecular weight is 516 g/mol. The number of likely N-dealkylation sites (tertiary alicyclic amines) is 1. The van der Waals surface area contributed by atoms with Crippen molar-refractivity contribution in [2.75, 3.05) is 26.9 Å². The molecule has 1 spiro atoms. The van der Waals surface area contributed by atoms with E-state index in [1.54, 1.807) is 17.9 Å². The van der Waals surface area contributed by atoms with Crippen LogP contribution in [0.15, 0.2) is 42.6 Å². The SMILES string of the molecule is [C-]#[N+]c1ccc(C2CC3(CCOC3)CCN2Cc2c(OC)cc(C)c3c2ccn3C(=O)OC(C)(C)C)cc1. The minimum Gasteiger partial charge on any atom is -0.496 e. The van der Waals surface area contributed by atoms with Gasteiger partial charge in [-0.15, -0.1) is 0 Å². The Balaban J connectivity index is 1.54. The third-order valence-electron chi connectivity index (χ3n) is 7.99. The van der Waals surface area contributed by atoms with Gasteiger partial charge in [0.1, 0.15) is 11.4 Å². The quantitative estimate of drug-likeness (QED) is 0.349. The number of rotatable bonds is 4. The van der Waals surface area contributed by atoms with E-state index in [0.717, 1.165) is 66.8 Å². The molecule has 38 heavy (non-hydrogen) atoms. The molecule has 3 aromatic rings. The molecule has 0 N–H and O–H groups in total. The molecule has 2 aromatic carbocycles. The van der Waals surface area contributed by atoms with E-state index in [4.69, 9.17) is 20.8 Å². The van der Waals surface area contributed by atoms with Crippen molar-refractivity contribution in [3.05, 3.63) is 70.7 Å². The Morgan fingerprint density at radius 1 is 1.21 bits per heavy atom. The van der Waals surface area contributed by atoms with Crippen LogP contribution in [0.1, 0.15) is 62.8 Å². The maximum atomic E-state index is 13.0. The van der Waals surface area contributed by atoms with Crippen LogP contribution in [0.25, 0.3) is 15.7 Å². The van der Waals surface area contributed by atoms with Crippen molar-refractivity contribution in [3.63, 3.8) is 0 Å². The van der Waals surface area contributed by atoms with Gasteiger partial charge in [0.15, 0.2) is 5.69 Å². The molecule has 0 aliphatic carbocycles. The largest absolute Gasteiger partial charge is 0.496 e. The Morgan fingerprint density at radius 2 is 1.97 bits per heavy atom. The van der Waals surface area contributed by atoms with Crippen LogP contribution in [0.4, 0.5) is 10.5 Å². The van der Waals surface area contributed by atoms with Gasteiger partial charge < -0.3 is 14.2 Å². The smallest absolute Gasteiger partial charge is 0.419 e. The molecule has 2 aliphatic rings. The van der Waals surface area contributed by atoms with Crippen LogP contribution in [-0.2, 0) is 16.0 Å². The van der Waals surface area contributed by atoms with E-state index in [1.807, 2.05) is 52.0 Å². The lowest BCUT2D eigenvalue weighted by atomic mass is 9.73. The monoisotopic (exact) mass is 515 g/mol. The first kappa shape index (κ1) is 26.3. The summed E-state index contributed by atoms with van der Waals surface area (Å²) < 4.78 is 19.0. The van der Waals surface area contributed by atoms with Crippen molar-refractivity contribution in [3.8, 4) is 5.75 Å². The summed E-state index contributed by atoms with van der Waals surface area (Å²) in [5, 5.41) is 0.999. The van der Waals surface area contributed by atoms with Crippen molar-refractivity contribution < 1.29 is 19.0 Å². The van der Waals surface area contributed by atoms with Crippen molar-refractivity contribution in [1.82, 2.24) is 9.47 Å². The fraction of sp³-hybridized carbons (Fsp3) is 0.484. The number of hydrogen-bond acceptors (Lipinski definition) is 5. The van der Waals surface area contributed by atoms with Crippen molar-refractivity contribution in [2.45, 2.75) is 65.1 Å². The summed E-state index contributed by atoms with van der Waals surface area (Å²) in [5.41, 5.74) is 4.37. The molecule has 2 saturated heterocycles. The highest BCUT2D eigenvalue weighted by molar-refractivity contribution is 5.95. The van der Waals surface area contributed by atoms with Gasteiger partial charge >= 0.3 is 6.09 Å². The zero-order valence-corrected chi connectivity index (χ0v) is 23.0. The number of benzene rings is 2. The lowest BCUT2D eigenvalue weighted by molar-refractivity contribution is 0.0325. The summed E-state index contributed by atoms with van der Waals surface area (Å²) in [6.07, 6.45) is 4.61. The number of ether oxygens (including phenoxy) is 3. The van der Waals surface area contributed by atoms with Crippen LogP contribution in [0, 0.1) is 18.9 Å². The first-order valence-electron chi connectivity index (χ1n) is 13.3. The number of fused-ring (bicyclic) bond motifs is 1. The summed E-state index contributed by atoms with van der Waals surface area (Å²) in [7, 11) is 1.70. The minimum absolute atomic E-state index is 0.194.